The van der Waals surface area contributed by atoms with Crippen molar-refractivity contribution in [3.05, 3.63) is 0 Å². The molecule has 6 heteroatoms. The average Bonchev–Trinajstić information content (AvgIpc) is 2.08. The van der Waals surface area contributed by atoms with Crippen molar-refractivity contribution in [3.63, 3.8) is 0 Å². The van der Waals surface area contributed by atoms with Gasteiger partial charge in [0.25, 0.3) is 0 Å². The van der Waals surface area contributed by atoms with Crippen LogP contribution in [0.25, 0.3) is 0 Å². The molecule has 0 saturated carbocycles. The van der Waals surface area contributed by atoms with E-state index >= 15 is 0 Å². The van der Waals surface area contributed by atoms with E-state index in [0.29, 0.717) is 6.42 Å². The number of carbonyl (C=O) groups is 1. The summed E-state index contributed by atoms with van der Waals surface area (Å²) in [6, 6.07) is -0.405. The van der Waals surface area contributed by atoms with Gasteiger partial charge in [-0.3, -0.25) is 4.79 Å². The van der Waals surface area contributed by atoms with Crippen LogP contribution in [0.5, 0.6) is 0 Å². The zero-order valence-corrected chi connectivity index (χ0v) is 6.60. The van der Waals surface area contributed by atoms with Crippen LogP contribution in [0, 0.1) is 0 Å². The summed E-state index contributed by atoms with van der Waals surface area (Å²) in [5, 5.41) is 8.31. The standard InChI is InChI=1S/C5H9NO4S/c7-5(8)3-4-1-2-11(9,10)6-4/h4,6H,1-3H2,(H,7,8)/t4-/m1/s1. The monoisotopic (exact) mass is 179 g/mol. The summed E-state index contributed by atoms with van der Waals surface area (Å²) in [4.78, 5) is 10.1. The normalized spacial score (nSPS) is 28.5. The molecule has 0 aromatic carbocycles. The molecule has 0 unspecified atom stereocenters. The van der Waals surface area contributed by atoms with Crippen molar-refractivity contribution in [1.82, 2.24) is 4.72 Å². The maximum Gasteiger partial charge on any atom is 0.304 e. The first kappa shape index (κ1) is 8.48. The number of rotatable bonds is 2. The molecule has 0 aliphatic carbocycles. The van der Waals surface area contributed by atoms with Crippen molar-refractivity contribution in [2.45, 2.75) is 18.9 Å². The van der Waals surface area contributed by atoms with E-state index in [2.05, 4.69) is 4.72 Å². The van der Waals surface area contributed by atoms with E-state index in [4.69, 9.17) is 5.11 Å². The Morgan fingerprint density at radius 1 is 1.64 bits per heavy atom. The first-order valence-electron chi connectivity index (χ1n) is 3.21. The Kier molecular flexibility index (Phi) is 2.15. The van der Waals surface area contributed by atoms with Crippen LogP contribution in [0.3, 0.4) is 0 Å². The average molecular weight is 179 g/mol. The van der Waals surface area contributed by atoms with Gasteiger partial charge in [-0.15, -0.1) is 0 Å². The summed E-state index contributed by atoms with van der Waals surface area (Å²) in [5.41, 5.74) is 0. The number of carboxylic acid groups (broad SMARTS) is 1. The SMILES string of the molecule is O=C(O)C[C@H]1CCS(=O)(=O)N1. The largest absolute Gasteiger partial charge is 0.481 e. The van der Waals surface area contributed by atoms with Crippen molar-refractivity contribution in [3.8, 4) is 0 Å². The summed E-state index contributed by atoms with van der Waals surface area (Å²) < 4.78 is 23.7. The Hall–Kier alpha value is -0.620. The summed E-state index contributed by atoms with van der Waals surface area (Å²) in [7, 11) is -3.15. The predicted molar refractivity (Wildman–Crippen MR) is 37.6 cm³/mol. The number of aliphatic carboxylic acids is 1. The second kappa shape index (κ2) is 2.78. The quantitative estimate of drug-likeness (QED) is 0.578. The number of hydrogen-bond acceptors (Lipinski definition) is 3. The molecule has 0 aromatic rings. The summed E-state index contributed by atoms with van der Waals surface area (Å²) in [5.74, 6) is -0.926. The van der Waals surface area contributed by atoms with Gasteiger partial charge in [0.15, 0.2) is 0 Å². The molecule has 0 radical (unpaired) electrons. The molecule has 0 bridgehead atoms. The van der Waals surface area contributed by atoms with Crippen LogP contribution < -0.4 is 4.72 Å². The minimum absolute atomic E-state index is 0.0466. The minimum atomic E-state index is -3.15. The van der Waals surface area contributed by atoms with Crippen molar-refractivity contribution in [1.29, 1.82) is 0 Å². The molecule has 1 atom stereocenters. The second-order valence-corrected chi connectivity index (χ2v) is 4.39. The third-order valence-corrected chi connectivity index (χ3v) is 2.97. The van der Waals surface area contributed by atoms with E-state index in [-0.39, 0.29) is 12.2 Å². The van der Waals surface area contributed by atoms with Gasteiger partial charge in [0.05, 0.1) is 12.2 Å². The fourth-order valence-corrected chi connectivity index (χ4v) is 2.45. The van der Waals surface area contributed by atoms with E-state index in [0.717, 1.165) is 0 Å². The highest BCUT2D eigenvalue weighted by Crippen LogP contribution is 2.10. The van der Waals surface area contributed by atoms with Crippen molar-refractivity contribution in [2.24, 2.45) is 0 Å². The molecule has 1 heterocycles. The van der Waals surface area contributed by atoms with Crippen molar-refractivity contribution < 1.29 is 18.3 Å². The van der Waals surface area contributed by atoms with Crippen LogP contribution in [-0.2, 0) is 14.8 Å². The first-order valence-corrected chi connectivity index (χ1v) is 4.86. The highest BCUT2D eigenvalue weighted by molar-refractivity contribution is 7.89. The lowest BCUT2D eigenvalue weighted by molar-refractivity contribution is -0.137. The van der Waals surface area contributed by atoms with Gasteiger partial charge in [-0.25, -0.2) is 13.1 Å². The Labute approximate surface area is 64.5 Å². The third kappa shape index (κ3) is 2.47. The summed E-state index contributed by atoms with van der Waals surface area (Å²) in [6.07, 6.45) is 0.272. The summed E-state index contributed by atoms with van der Waals surface area (Å²) >= 11 is 0. The van der Waals surface area contributed by atoms with Crippen LogP contribution in [0.1, 0.15) is 12.8 Å². The number of hydrogen-bond donors (Lipinski definition) is 2. The molecule has 64 valence electrons. The molecule has 1 rings (SSSR count). The van der Waals surface area contributed by atoms with Crippen LogP contribution >= 0.6 is 0 Å². The number of sulfonamides is 1. The maximum atomic E-state index is 10.7. The van der Waals surface area contributed by atoms with Gasteiger partial charge in [-0.1, -0.05) is 0 Å². The second-order valence-electron chi connectivity index (χ2n) is 2.52. The molecule has 0 amide bonds. The zero-order valence-electron chi connectivity index (χ0n) is 5.78. The van der Waals surface area contributed by atoms with Crippen LogP contribution in [0.15, 0.2) is 0 Å². The molecule has 1 fully saturated rings. The Morgan fingerprint density at radius 2 is 2.27 bits per heavy atom. The van der Waals surface area contributed by atoms with E-state index in [1.165, 1.54) is 0 Å². The fraction of sp³-hybridized carbons (Fsp3) is 0.800. The minimum Gasteiger partial charge on any atom is -0.481 e. The highest BCUT2D eigenvalue weighted by atomic mass is 32.2. The van der Waals surface area contributed by atoms with Gasteiger partial charge in [-0.05, 0) is 6.42 Å². The molecule has 0 aromatic heterocycles. The van der Waals surface area contributed by atoms with Gasteiger partial charge in [0.2, 0.25) is 10.0 Å². The molecule has 11 heavy (non-hydrogen) atoms. The Morgan fingerprint density at radius 3 is 2.64 bits per heavy atom. The lowest BCUT2D eigenvalue weighted by Gasteiger charge is -2.02. The smallest absolute Gasteiger partial charge is 0.304 e. The predicted octanol–water partition coefficient (Wildman–Crippen LogP) is -0.847. The van der Waals surface area contributed by atoms with Crippen LogP contribution in [-0.4, -0.2) is 31.3 Å². The van der Waals surface area contributed by atoms with Gasteiger partial charge in [-0.2, -0.15) is 0 Å². The lowest BCUT2D eigenvalue weighted by Crippen LogP contribution is -2.27. The third-order valence-electron chi connectivity index (χ3n) is 1.50. The van der Waals surface area contributed by atoms with E-state index in [1.807, 2.05) is 0 Å². The zero-order chi connectivity index (χ0) is 8.48. The molecule has 1 aliphatic rings. The van der Waals surface area contributed by atoms with E-state index in [9.17, 15) is 13.2 Å². The fourth-order valence-electron chi connectivity index (χ4n) is 1.02. The van der Waals surface area contributed by atoms with Gasteiger partial charge >= 0.3 is 5.97 Å². The topological polar surface area (TPSA) is 83.5 Å². The Balaban J connectivity index is 2.49. The molecule has 5 nitrogen and oxygen atoms in total. The lowest BCUT2D eigenvalue weighted by atomic mass is 10.2. The van der Waals surface area contributed by atoms with Gasteiger partial charge in [0.1, 0.15) is 0 Å². The van der Waals surface area contributed by atoms with E-state index in [1.54, 1.807) is 0 Å². The molecule has 1 saturated heterocycles. The molecular weight excluding hydrogens is 170 g/mol. The number of nitrogens with one attached hydrogen (secondary N) is 1. The van der Waals surface area contributed by atoms with Crippen LogP contribution in [0.2, 0.25) is 0 Å². The molecule has 0 spiro atoms. The summed E-state index contributed by atoms with van der Waals surface area (Å²) in [6.45, 7) is 0. The van der Waals surface area contributed by atoms with Crippen LogP contribution in [0.4, 0.5) is 0 Å². The van der Waals surface area contributed by atoms with Crippen molar-refractivity contribution >= 4 is 16.0 Å². The molecular formula is C5H9NO4S. The Bertz CT molecular complexity index is 258. The maximum absolute atomic E-state index is 10.7. The molecule has 2 N–H and O–H groups in total. The first-order chi connectivity index (χ1) is 4.99. The van der Waals surface area contributed by atoms with Crippen molar-refractivity contribution in [2.75, 3.05) is 5.75 Å². The highest BCUT2D eigenvalue weighted by Gasteiger charge is 2.27. The number of carboxylic acids is 1. The van der Waals surface area contributed by atoms with E-state index < -0.39 is 22.0 Å². The molecule has 1 aliphatic heterocycles. The van der Waals surface area contributed by atoms with Gasteiger partial charge in [0, 0.05) is 6.04 Å². The van der Waals surface area contributed by atoms with Gasteiger partial charge < -0.3 is 5.11 Å².